The molecule has 0 heterocycles. The van der Waals surface area contributed by atoms with E-state index in [0.29, 0.717) is 6.42 Å². The Morgan fingerprint density at radius 2 is 2.24 bits per heavy atom. The van der Waals surface area contributed by atoms with E-state index >= 15 is 0 Å². The molecule has 3 N–H and O–H groups in total. The van der Waals surface area contributed by atoms with E-state index in [1.807, 2.05) is 6.92 Å². The molecule has 0 radical (unpaired) electrons. The molecule has 0 saturated heterocycles. The van der Waals surface area contributed by atoms with Gasteiger partial charge in [0.2, 0.25) is 0 Å². The van der Waals surface area contributed by atoms with E-state index < -0.39 is 6.10 Å². The summed E-state index contributed by atoms with van der Waals surface area (Å²) in [5.41, 5.74) is 0.237. The minimum atomic E-state index is -0.533. The molecule has 94 valence electrons. The quantitative estimate of drug-likeness (QED) is 0.711. The molecule has 0 aromatic heterocycles. The highest BCUT2D eigenvalue weighted by Gasteiger charge is 2.12. The zero-order chi connectivity index (χ0) is 12.8. The summed E-state index contributed by atoms with van der Waals surface area (Å²) in [5.74, 6) is -0.413. The van der Waals surface area contributed by atoms with Gasteiger partial charge in [-0.2, -0.15) is 0 Å². The molecular weight excluding hydrogens is 333 g/mol. The molecule has 1 rings (SSSR count). The van der Waals surface area contributed by atoms with E-state index in [1.165, 1.54) is 6.07 Å². The Labute approximate surface area is 114 Å². The topological polar surface area (TPSA) is 69.6 Å². The number of aliphatic hydroxyl groups excluding tert-OH is 1. The first-order valence-electron chi connectivity index (χ1n) is 5.49. The van der Waals surface area contributed by atoms with E-state index in [9.17, 15) is 15.0 Å². The largest absolute Gasteiger partial charge is 0.507 e. The molecule has 1 unspecified atom stereocenters. The van der Waals surface area contributed by atoms with Crippen molar-refractivity contribution in [2.45, 2.75) is 25.9 Å². The van der Waals surface area contributed by atoms with Gasteiger partial charge in [-0.05, 0) is 47.2 Å². The number of aromatic hydroxyl groups is 1. The summed E-state index contributed by atoms with van der Waals surface area (Å²) in [6, 6.07) is 4.81. The first-order chi connectivity index (χ1) is 8.04. The van der Waals surface area contributed by atoms with Crippen molar-refractivity contribution in [3.63, 3.8) is 0 Å². The summed E-state index contributed by atoms with van der Waals surface area (Å²) < 4.78 is 0.875. The van der Waals surface area contributed by atoms with Gasteiger partial charge in [-0.15, -0.1) is 0 Å². The Hall–Kier alpha value is -0.820. The van der Waals surface area contributed by atoms with Gasteiger partial charge in [-0.1, -0.05) is 13.3 Å². The Morgan fingerprint density at radius 3 is 2.88 bits per heavy atom. The summed E-state index contributed by atoms with van der Waals surface area (Å²) >= 11 is 2.07. The van der Waals surface area contributed by atoms with Crippen LogP contribution < -0.4 is 5.32 Å². The van der Waals surface area contributed by atoms with Crippen LogP contribution in [-0.4, -0.2) is 28.8 Å². The van der Waals surface area contributed by atoms with Crippen LogP contribution in [0.25, 0.3) is 0 Å². The predicted octanol–water partition coefficient (Wildman–Crippen LogP) is 1.89. The number of carbonyl (C=O) groups excluding carboxylic acids is 1. The van der Waals surface area contributed by atoms with Gasteiger partial charge in [-0.25, -0.2) is 0 Å². The van der Waals surface area contributed by atoms with Crippen molar-refractivity contribution >= 4 is 28.5 Å². The Bertz CT molecular complexity index is 395. The average Bonchev–Trinajstić information content (AvgIpc) is 2.29. The van der Waals surface area contributed by atoms with Crippen molar-refractivity contribution in [1.82, 2.24) is 5.32 Å². The second-order valence-electron chi connectivity index (χ2n) is 3.81. The second kappa shape index (κ2) is 6.80. The number of rotatable bonds is 5. The highest BCUT2D eigenvalue weighted by molar-refractivity contribution is 14.1. The molecule has 4 nitrogen and oxygen atoms in total. The van der Waals surface area contributed by atoms with Crippen LogP contribution in [-0.2, 0) is 0 Å². The van der Waals surface area contributed by atoms with Crippen LogP contribution in [0.2, 0.25) is 0 Å². The van der Waals surface area contributed by atoms with Gasteiger partial charge in [0.15, 0.2) is 0 Å². The van der Waals surface area contributed by atoms with Crippen LogP contribution in [0.4, 0.5) is 0 Å². The van der Waals surface area contributed by atoms with E-state index in [2.05, 4.69) is 27.9 Å². The maximum atomic E-state index is 11.7. The van der Waals surface area contributed by atoms with Crippen LogP contribution in [0.15, 0.2) is 18.2 Å². The fourth-order valence-electron chi connectivity index (χ4n) is 1.43. The molecule has 0 bridgehead atoms. The maximum Gasteiger partial charge on any atom is 0.255 e. The number of halogens is 1. The number of amides is 1. The molecule has 0 aliphatic carbocycles. The second-order valence-corrected chi connectivity index (χ2v) is 5.06. The fraction of sp³-hybridized carbons (Fsp3) is 0.417. The molecular formula is C12H16INO3. The van der Waals surface area contributed by atoms with E-state index in [0.717, 1.165) is 9.99 Å². The molecule has 0 aliphatic rings. The summed E-state index contributed by atoms with van der Waals surface area (Å²) in [6.45, 7) is 2.17. The third-order valence-corrected chi connectivity index (χ3v) is 2.99. The molecule has 5 heteroatoms. The number of carbonyl (C=O) groups is 1. The van der Waals surface area contributed by atoms with E-state index in [1.54, 1.807) is 12.1 Å². The lowest BCUT2D eigenvalue weighted by atomic mass is 10.1. The number of hydrogen-bond acceptors (Lipinski definition) is 3. The molecule has 0 spiro atoms. The SMILES string of the molecule is CCCC(O)CNC(=O)c1cc(I)ccc1O. The van der Waals surface area contributed by atoms with Crippen molar-refractivity contribution in [3.05, 3.63) is 27.3 Å². The van der Waals surface area contributed by atoms with Gasteiger partial charge < -0.3 is 15.5 Å². The predicted molar refractivity (Wildman–Crippen MR) is 74.1 cm³/mol. The lowest BCUT2D eigenvalue weighted by Crippen LogP contribution is -2.32. The zero-order valence-electron chi connectivity index (χ0n) is 9.61. The minimum absolute atomic E-state index is 0.0482. The molecule has 1 aromatic rings. The van der Waals surface area contributed by atoms with Crippen molar-refractivity contribution in [2.24, 2.45) is 0 Å². The summed E-state index contributed by atoms with van der Waals surface area (Å²) in [4.78, 5) is 11.7. The Morgan fingerprint density at radius 1 is 1.53 bits per heavy atom. The average molecular weight is 349 g/mol. The van der Waals surface area contributed by atoms with Gasteiger partial charge in [-0.3, -0.25) is 4.79 Å². The van der Waals surface area contributed by atoms with Crippen LogP contribution in [0, 0.1) is 3.57 Å². The molecule has 1 amide bonds. The fourth-order valence-corrected chi connectivity index (χ4v) is 1.92. The highest BCUT2D eigenvalue weighted by atomic mass is 127. The van der Waals surface area contributed by atoms with Gasteiger partial charge in [0.25, 0.3) is 5.91 Å². The minimum Gasteiger partial charge on any atom is -0.507 e. The first kappa shape index (κ1) is 14.2. The summed E-state index contributed by atoms with van der Waals surface area (Å²) in [5, 5.41) is 21.6. The van der Waals surface area contributed by atoms with Crippen LogP contribution in [0.3, 0.4) is 0 Å². The number of benzene rings is 1. The van der Waals surface area contributed by atoms with Crippen LogP contribution in [0.5, 0.6) is 5.75 Å². The third-order valence-electron chi connectivity index (χ3n) is 2.32. The molecule has 0 aliphatic heterocycles. The normalized spacial score (nSPS) is 12.2. The molecule has 0 fully saturated rings. The number of aliphatic hydroxyl groups is 1. The molecule has 17 heavy (non-hydrogen) atoms. The van der Waals surface area contributed by atoms with Crippen molar-refractivity contribution in [1.29, 1.82) is 0 Å². The number of hydrogen-bond donors (Lipinski definition) is 3. The monoisotopic (exact) mass is 349 g/mol. The van der Waals surface area contributed by atoms with Crippen molar-refractivity contribution in [2.75, 3.05) is 6.54 Å². The lowest BCUT2D eigenvalue weighted by Gasteiger charge is -2.11. The van der Waals surface area contributed by atoms with Gasteiger partial charge in [0.05, 0.1) is 11.7 Å². The Kier molecular flexibility index (Phi) is 5.70. The van der Waals surface area contributed by atoms with Crippen LogP contribution in [0.1, 0.15) is 30.1 Å². The van der Waals surface area contributed by atoms with Gasteiger partial charge >= 0.3 is 0 Å². The molecule has 1 atom stereocenters. The highest BCUT2D eigenvalue weighted by Crippen LogP contribution is 2.19. The van der Waals surface area contributed by atoms with Gasteiger partial charge in [0.1, 0.15) is 5.75 Å². The smallest absolute Gasteiger partial charge is 0.255 e. The summed E-state index contributed by atoms with van der Waals surface area (Å²) in [7, 11) is 0. The van der Waals surface area contributed by atoms with Crippen LogP contribution >= 0.6 is 22.6 Å². The maximum absolute atomic E-state index is 11.7. The standard InChI is InChI=1S/C12H16INO3/c1-2-3-9(15)7-14-12(17)10-6-8(13)4-5-11(10)16/h4-6,9,15-16H,2-3,7H2,1H3,(H,14,17). The van der Waals surface area contributed by atoms with E-state index in [-0.39, 0.29) is 23.8 Å². The van der Waals surface area contributed by atoms with Crippen molar-refractivity contribution in [3.8, 4) is 5.75 Å². The number of phenols is 1. The van der Waals surface area contributed by atoms with E-state index in [4.69, 9.17) is 0 Å². The summed E-state index contributed by atoms with van der Waals surface area (Å²) in [6.07, 6.45) is 0.985. The Balaban J connectivity index is 2.61. The number of phenolic OH excluding ortho intramolecular Hbond substituents is 1. The lowest BCUT2D eigenvalue weighted by molar-refractivity contribution is 0.0907. The van der Waals surface area contributed by atoms with Crippen molar-refractivity contribution < 1.29 is 15.0 Å². The van der Waals surface area contributed by atoms with Gasteiger partial charge in [0, 0.05) is 10.1 Å². The first-order valence-corrected chi connectivity index (χ1v) is 6.57. The zero-order valence-corrected chi connectivity index (χ0v) is 11.8. The molecule has 1 aromatic carbocycles. The number of nitrogens with one attached hydrogen (secondary N) is 1. The molecule has 0 saturated carbocycles. The third kappa shape index (κ3) is 4.51.